The van der Waals surface area contributed by atoms with E-state index in [0.717, 1.165) is 30.4 Å². The highest BCUT2D eigenvalue weighted by Gasteiger charge is 2.10. The normalized spacial score (nSPS) is 13.5. The minimum Gasteiger partial charge on any atom is -0.396 e. The van der Waals surface area contributed by atoms with Crippen LogP contribution < -0.4 is 5.73 Å². The molecule has 2 nitrogen and oxygen atoms in total. The average Bonchev–Trinajstić information content (AvgIpc) is 2.28. The van der Waals surface area contributed by atoms with E-state index in [-0.39, 0.29) is 6.61 Å². The fourth-order valence-corrected chi connectivity index (χ4v) is 1.87. The van der Waals surface area contributed by atoms with E-state index in [1.807, 2.05) is 6.08 Å². The van der Waals surface area contributed by atoms with Crippen LogP contribution in [-0.4, -0.2) is 18.3 Å². The summed E-state index contributed by atoms with van der Waals surface area (Å²) in [6.45, 7) is 13.3. The number of nitrogens with two attached hydrogens (primary N) is 1. The maximum Gasteiger partial charge on any atom is 0.0471 e. The van der Waals surface area contributed by atoms with Crippen LogP contribution in [0.4, 0.5) is 0 Å². The molecule has 0 aliphatic carbocycles. The van der Waals surface area contributed by atoms with Crippen molar-refractivity contribution in [3.63, 3.8) is 0 Å². The van der Waals surface area contributed by atoms with Gasteiger partial charge in [0.25, 0.3) is 0 Å². The molecule has 0 saturated carbocycles. The van der Waals surface area contributed by atoms with Gasteiger partial charge in [-0.05, 0) is 42.9 Å². The predicted molar refractivity (Wildman–Crippen MR) is 75.8 cm³/mol. The van der Waals surface area contributed by atoms with Gasteiger partial charge in [-0.3, -0.25) is 0 Å². The van der Waals surface area contributed by atoms with E-state index in [2.05, 4.69) is 27.0 Å². The van der Waals surface area contributed by atoms with E-state index in [1.54, 1.807) is 0 Å². The molecule has 0 saturated heterocycles. The number of hydrogen-bond acceptors (Lipinski definition) is 2. The third kappa shape index (κ3) is 6.44. The Morgan fingerprint density at radius 1 is 1.35 bits per heavy atom. The average molecular weight is 237 g/mol. The van der Waals surface area contributed by atoms with Crippen molar-refractivity contribution in [1.82, 2.24) is 0 Å². The van der Waals surface area contributed by atoms with E-state index in [0.29, 0.717) is 18.9 Å². The number of aliphatic hydroxyl groups excluding tert-OH is 1. The Bertz CT molecular complexity index is 279. The van der Waals surface area contributed by atoms with Crippen molar-refractivity contribution < 1.29 is 5.11 Å². The SMILES string of the molecule is C=C(/C=C(/CCN)C(=C)C(C)CCC)CCO. The zero-order chi connectivity index (χ0) is 13.3. The largest absolute Gasteiger partial charge is 0.396 e. The molecular weight excluding hydrogens is 210 g/mol. The van der Waals surface area contributed by atoms with Gasteiger partial charge >= 0.3 is 0 Å². The summed E-state index contributed by atoms with van der Waals surface area (Å²) in [6.07, 6.45) is 5.79. The van der Waals surface area contributed by atoms with Crippen molar-refractivity contribution >= 4 is 0 Å². The Morgan fingerprint density at radius 3 is 2.47 bits per heavy atom. The van der Waals surface area contributed by atoms with Crippen molar-refractivity contribution in [3.05, 3.63) is 36.0 Å². The molecule has 0 amide bonds. The molecule has 0 fully saturated rings. The molecule has 0 aromatic rings. The van der Waals surface area contributed by atoms with Gasteiger partial charge < -0.3 is 10.8 Å². The van der Waals surface area contributed by atoms with Crippen LogP contribution in [0.15, 0.2) is 36.0 Å². The maximum atomic E-state index is 8.87. The third-order valence-corrected chi connectivity index (χ3v) is 2.95. The van der Waals surface area contributed by atoms with Crippen molar-refractivity contribution in [2.75, 3.05) is 13.2 Å². The second-order valence-electron chi connectivity index (χ2n) is 4.56. The van der Waals surface area contributed by atoms with Gasteiger partial charge in [-0.15, -0.1) is 0 Å². The van der Waals surface area contributed by atoms with Crippen LogP contribution in [0.1, 0.15) is 39.5 Å². The number of aliphatic hydroxyl groups is 1. The van der Waals surface area contributed by atoms with Gasteiger partial charge in [0.05, 0.1) is 0 Å². The van der Waals surface area contributed by atoms with Crippen LogP contribution in [0.25, 0.3) is 0 Å². The lowest BCUT2D eigenvalue weighted by atomic mass is 9.89. The molecule has 0 aromatic carbocycles. The van der Waals surface area contributed by atoms with Gasteiger partial charge in [0.2, 0.25) is 0 Å². The van der Waals surface area contributed by atoms with Gasteiger partial charge in [-0.2, -0.15) is 0 Å². The van der Waals surface area contributed by atoms with Gasteiger partial charge in [0, 0.05) is 6.61 Å². The standard InChI is InChI=1S/C15H27NO/c1-5-6-13(3)14(4)15(7-9-16)11-12(2)8-10-17/h11,13,17H,2,4-10,16H2,1,3H3/b15-11-. The van der Waals surface area contributed by atoms with Gasteiger partial charge in [-0.25, -0.2) is 0 Å². The van der Waals surface area contributed by atoms with Crippen molar-refractivity contribution in [2.24, 2.45) is 11.7 Å². The first-order chi connectivity index (χ1) is 8.06. The second-order valence-corrected chi connectivity index (χ2v) is 4.56. The zero-order valence-electron chi connectivity index (χ0n) is 11.3. The Kier molecular flexibility index (Phi) is 8.73. The third-order valence-electron chi connectivity index (χ3n) is 2.95. The van der Waals surface area contributed by atoms with Crippen LogP contribution in [0, 0.1) is 5.92 Å². The smallest absolute Gasteiger partial charge is 0.0471 e. The van der Waals surface area contributed by atoms with Crippen molar-refractivity contribution in [2.45, 2.75) is 39.5 Å². The molecule has 17 heavy (non-hydrogen) atoms. The summed E-state index contributed by atoms with van der Waals surface area (Å²) >= 11 is 0. The first-order valence-corrected chi connectivity index (χ1v) is 6.45. The van der Waals surface area contributed by atoms with Crippen LogP contribution in [0.5, 0.6) is 0 Å². The minimum absolute atomic E-state index is 0.141. The van der Waals surface area contributed by atoms with E-state index in [1.165, 1.54) is 5.57 Å². The van der Waals surface area contributed by atoms with Crippen molar-refractivity contribution in [1.29, 1.82) is 0 Å². The fourth-order valence-electron chi connectivity index (χ4n) is 1.87. The van der Waals surface area contributed by atoms with Crippen LogP contribution in [0.2, 0.25) is 0 Å². The highest BCUT2D eigenvalue weighted by atomic mass is 16.2. The minimum atomic E-state index is 0.141. The van der Waals surface area contributed by atoms with Gasteiger partial charge in [0.1, 0.15) is 0 Å². The van der Waals surface area contributed by atoms with Crippen molar-refractivity contribution in [3.8, 4) is 0 Å². The summed E-state index contributed by atoms with van der Waals surface area (Å²) in [5.74, 6) is 0.486. The lowest BCUT2D eigenvalue weighted by molar-refractivity contribution is 0.300. The van der Waals surface area contributed by atoms with E-state index < -0.39 is 0 Å². The summed E-state index contributed by atoms with van der Waals surface area (Å²) < 4.78 is 0. The maximum absolute atomic E-state index is 8.87. The lowest BCUT2D eigenvalue weighted by Gasteiger charge is -2.17. The van der Waals surface area contributed by atoms with Crippen LogP contribution in [0.3, 0.4) is 0 Å². The molecule has 3 N–H and O–H groups in total. The van der Waals surface area contributed by atoms with E-state index >= 15 is 0 Å². The predicted octanol–water partition coefficient (Wildman–Crippen LogP) is 3.19. The van der Waals surface area contributed by atoms with E-state index in [9.17, 15) is 0 Å². The zero-order valence-corrected chi connectivity index (χ0v) is 11.3. The molecule has 2 heteroatoms. The Hall–Kier alpha value is -0.860. The summed E-state index contributed by atoms with van der Waals surface area (Å²) in [7, 11) is 0. The summed E-state index contributed by atoms with van der Waals surface area (Å²) in [5, 5.41) is 8.87. The second kappa shape index (κ2) is 9.20. The molecular formula is C15H27NO. The Balaban J connectivity index is 4.71. The van der Waals surface area contributed by atoms with Crippen LogP contribution in [-0.2, 0) is 0 Å². The van der Waals surface area contributed by atoms with E-state index in [4.69, 9.17) is 10.8 Å². The topological polar surface area (TPSA) is 46.2 Å². The number of rotatable bonds is 9. The first kappa shape index (κ1) is 16.1. The molecule has 0 bridgehead atoms. The molecule has 0 aliphatic rings. The van der Waals surface area contributed by atoms with Gasteiger partial charge in [0.15, 0.2) is 0 Å². The first-order valence-electron chi connectivity index (χ1n) is 6.45. The highest BCUT2D eigenvalue weighted by molar-refractivity contribution is 5.36. The lowest BCUT2D eigenvalue weighted by Crippen LogP contribution is -2.07. The molecule has 0 rings (SSSR count). The Morgan fingerprint density at radius 2 is 2.00 bits per heavy atom. The molecule has 0 aromatic heterocycles. The summed E-state index contributed by atoms with van der Waals surface area (Å²) in [6, 6.07) is 0. The molecule has 0 aliphatic heterocycles. The quantitative estimate of drug-likeness (QED) is 0.605. The monoisotopic (exact) mass is 237 g/mol. The Labute approximate surface area is 106 Å². The molecule has 1 unspecified atom stereocenters. The van der Waals surface area contributed by atoms with Crippen LogP contribution >= 0.6 is 0 Å². The molecule has 1 atom stereocenters. The van der Waals surface area contributed by atoms with Gasteiger partial charge in [-0.1, -0.05) is 45.1 Å². The number of hydrogen-bond donors (Lipinski definition) is 2. The number of allylic oxidation sites excluding steroid dienone is 2. The highest BCUT2D eigenvalue weighted by Crippen LogP contribution is 2.25. The summed E-state index contributed by atoms with van der Waals surface area (Å²) in [5.41, 5.74) is 8.93. The molecule has 0 spiro atoms. The molecule has 0 heterocycles. The molecule has 0 radical (unpaired) electrons. The summed E-state index contributed by atoms with van der Waals surface area (Å²) in [4.78, 5) is 0. The molecule has 98 valence electrons. The fraction of sp³-hybridized carbons (Fsp3) is 0.600.